The van der Waals surface area contributed by atoms with E-state index in [1.54, 1.807) is 0 Å². The topological polar surface area (TPSA) is 17.1 Å². The van der Waals surface area contributed by atoms with Crippen LogP contribution in [0.25, 0.3) is 0 Å². The average Bonchev–Trinajstić information content (AvgIpc) is 2.16. The van der Waals surface area contributed by atoms with Crippen molar-refractivity contribution < 1.29 is 4.79 Å². The lowest BCUT2D eigenvalue weighted by Crippen LogP contribution is -2.05. The Balaban J connectivity index is 3.23. The highest BCUT2D eigenvalue weighted by Gasteiger charge is 2.18. The Bertz CT molecular complexity index is 354. The number of carbonyl (C=O) groups is 1. The van der Waals surface area contributed by atoms with Gasteiger partial charge in [0.05, 0.1) is 0 Å². The van der Waals surface area contributed by atoms with Gasteiger partial charge in [-0.3, -0.25) is 4.79 Å². The molecular formula is C10H10BrClOS. The summed E-state index contributed by atoms with van der Waals surface area (Å²) in [5.41, 5.74) is 1.81. The molecule has 76 valence electrons. The predicted molar refractivity (Wildman–Crippen MR) is 65.6 cm³/mol. The van der Waals surface area contributed by atoms with Crippen molar-refractivity contribution in [1.82, 2.24) is 0 Å². The molecule has 0 bridgehead atoms. The fraction of sp³-hybridized carbons (Fsp3) is 0.300. The van der Waals surface area contributed by atoms with Crippen LogP contribution in [0.1, 0.15) is 23.4 Å². The van der Waals surface area contributed by atoms with Crippen molar-refractivity contribution >= 4 is 45.9 Å². The molecule has 0 aromatic heterocycles. The van der Waals surface area contributed by atoms with Gasteiger partial charge in [-0.15, -0.1) is 24.2 Å². The summed E-state index contributed by atoms with van der Waals surface area (Å²) in [6.45, 7) is 1.48. The Kier molecular flexibility index (Phi) is 4.48. The second-order valence-electron chi connectivity index (χ2n) is 2.96. The normalized spacial score (nSPS) is 12.6. The molecule has 1 aromatic rings. The maximum atomic E-state index is 11.2. The second kappa shape index (κ2) is 5.19. The smallest absolute Gasteiger partial charge is 0.152 e. The summed E-state index contributed by atoms with van der Waals surface area (Å²) in [4.78, 5) is 11.9. The van der Waals surface area contributed by atoms with E-state index in [0.29, 0.717) is 5.33 Å². The van der Waals surface area contributed by atoms with E-state index in [0.717, 1.165) is 16.0 Å². The molecule has 1 nitrogen and oxygen atoms in total. The van der Waals surface area contributed by atoms with E-state index in [1.807, 2.05) is 18.2 Å². The first-order valence-electron chi connectivity index (χ1n) is 4.09. The van der Waals surface area contributed by atoms with E-state index in [2.05, 4.69) is 28.6 Å². The van der Waals surface area contributed by atoms with Gasteiger partial charge in [0.15, 0.2) is 5.78 Å². The Morgan fingerprint density at radius 3 is 2.79 bits per heavy atom. The quantitative estimate of drug-likeness (QED) is 0.663. The molecule has 0 aliphatic heterocycles. The number of hydrogen-bond acceptors (Lipinski definition) is 2. The summed E-state index contributed by atoms with van der Waals surface area (Å²) >= 11 is 13.7. The highest BCUT2D eigenvalue weighted by atomic mass is 79.9. The highest BCUT2D eigenvalue weighted by Crippen LogP contribution is 2.31. The minimum atomic E-state index is -0.601. The second-order valence-corrected chi connectivity index (χ2v) is 4.44. The summed E-state index contributed by atoms with van der Waals surface area (Å²) in [5, 5.41) is 0.0731. The van der Waals surface area contributed by atoms with E-state index < -0.39 is 5.38 Å². The summed E-state index contributed by atoms with van der Waals surface area (Å²) in [6, 6.07) is 5.66. The molecule has 0 N–H and O–H groups in total. The van der Waals surface area contributed by atoms with Crippen LogP contribution in [-0.4, -0.2) is 5.78 Å². The molecule has 0 fully saturated rings. The Morgan fingerprint density at radius 2 is 2.29 bits per heavy atom. The Hall–Kier alpha value is 0.01000. The lowest BCUT2D eigenvalue weighted by Gasteiger charge is -2.13. The Labute approximate surface area is 102 Å². The molecule has 0 saturated heterocycles. The van der Waals surface area contributed by atoms with E-state index in [4.69, 9.17) is 11.6 Å². The van der Waals surface area contributed by atoms with Crippen LogP contribution in [0.3, 0.4) is 0 Å². The first-order valence-corrected chi connectivity index (χ1v) is 6.09. The van der Waals surface area contributed by atoms with Crippen molar-refractivity contribution in [2.75, 3.05) is 0 Å². The minimum absolute atomic E-state index is 0.0598. The molecule has 1 unspecified atom stereocenters. The van der Waals surface area contributed by atoms with Crippen LogP contribution in [0.15, 0.2) is 23.1 Å². The molecule has 4 heteroatoms. The van der Waals surface area contributed by atoms with Crippen LogP contribution >= 0.6 is 40.2 Å². The number of rotatable bonds is 3. The fourth-order valence-corrected chi connectivity index (χ4v) is 2.39. The van der Waals surface area contributed by atoms with E-state index in [-0.39, 0.29) is 5.78 Å². The number of halogens is 2. The number of alkyl halides is 2. The third kappa shape index (κ3) is 2.53. The number of carbonyl (C=O) groups excluding carboxylic acids is 1. The fourth-order valence-electron chi connectivity index (χ4n) is 1.21. The number of thiol groups is 1. The van der Waals surface area contributed by atoms with Crippen molar-refractivity contribution in [3.8, 4) is 0 Å². The first kappa shape index (κ1) is 12.1. The SMILES string of the molecule is CC(=O)C(Cl)c1c(S)cccc1CBr. The minimum Gasteiger partial charge on any atom is -0.298 e. The van der Waals surface area contributed by atoms with Gasteiger partial charge in [0.1, 0.15) is 5.38 Å². The van der Waals surface area contributed by atoms with Crippen molar-refractivity contribution in [1.29, 1.82) is 0 Å². The van der Waals surface area contributed by atoms with Crippen molar-refractivity contribution in [3.05, 3.63) is 29.3 Å². The third-order valence-corrected chi connectivity index (χ3v) is 3.45. The summed E-state index contributed by atoms with van der Waals surface area (Å²) in [5.74, 6) is -0.0598. The molecule has 0 amide bonds. The molecule has 0 saturated carbocycles. The molecule has 1 atom stereocenters. The van der Waals surface area contributed by atoms with Crippen molar-refractivity contribution in [3.63, 3.8) is 0 Å². The zero-order valence-corrected chi connectivity index (χ0v) is 10.9. The van der Waals surface area contributed by atoms with Gasteiger partial charge in [-0.2, -0.15) is 0 Å². The van der Waals surface area contributed by atoms with Crippen molar-refractivity contribution in [2.45, 2.75) is 22.5 Å². The monoisotopic (exact) mass is 292 g/mol. The number of ketones is 1. The maximum Gasteiger partial charge on any atom is 0.152 e. The van der Waals surface area contributed by atoms with E-state index >= 15 is 0 Å². The summed E-state index contributed by atoms with van der Waals surface area (Å²) < 4.78 is 0. The van der Waals surface area contributed by atoms with Gasteiger partial charge < -0.3 is 0 Å². The zero-order valence-electron chi connectivity index (χ0n) is 7.63. The lowest BCUT2D eigenvalue weighted by molar-refractivity contribution is -0.116. The molecule has 0 aliphatic carbocycles. The molecular weight excluding hydrogens is 284 g/mol. The highest BCUT2D eigenvalue weighted by molar-refractivity contribution is 9.08. The number of hydrogen-bond donors (Lipinski definition) is 1. The average molecular weight is 294 g/mol. The van der Waals surface area contributed by atoms with Gasteiger partial charge in [-0.05, 0) is 24.1 Å². The van der Waals surface area contributed by atoms with E-state index in [1.165, 1.54) is 6.92 Å². The molecule has 0 spiro atoms. The number of Topliss-reactive ketones (excluding diaryl/α,β-unsaturated/α-hetero) is 1. The predicted octanol–water partition coefficient (Wildman–Crippen LogP) is 3.74. The van der Waals surface area contributed by atoms with Crippen LogP contribution in [0.5, 0.6) is 0 Å². The van der Waals surface area contributed by atoms with Crippen LogP contribution in [0.2, 0.25) is 0 Å². The molecule has 1 rings (SSSR count). The van der Waals surface area contributed by atoms with Crippen LogP contribution in [0.4, 0.5) is 0 Å². The van der Waals surface area contributed by atoms with Gasteiger partial charge >= 0.3 is 0 Å². The van der Waals surface area contributed by atoms with Gasteiger partial charge in [-0.1, -0.05) is 28.1 Å². The van der Waals surface area contributed by atoms with Crippen LogP contribution in [0, 0.1) is 0 Å². The van der Waals surface area contributed by atoms with Gasteiger partial charge in [0, 0.05) is 10.2 Å². The molecule has 0 heterocycles. The lowest BCUT2D eigenvalue weighted by atomic mass is 10.0. The van der Waals surface area contributed by atoms with Gasteiger partial charge in [0.2, 0.25) is 0 Å². The van der Waals surface area contributed by atoms with E-state index in [9.17, 15) is 4.79 Å². The molecule has 0 aliphatic rings. The molecule has 1 aromatic carbocycles. The largest absolute Gasteiger partial charge is 0.298 e. The third-order valence-electron chi connectivity index (χ3n) is 1.93. The molecule has 0 radical (unpaired) electrons. The van der Waals surface area contributed by atoms with Crippen LogP contribution in [-0.2, 0) is 10.1 Å². The van der Waals surface area contributed by atoms with Gasteiger partial charge in [0.25, 0.3) is 0 Å². The first-order chi connectivity index (χ1) is 6.57. The molecule has 14 heavy (non-hydrogen) atoms. The standard InChI is InChI=1S/C10H10BrClOS/c1-6(13)10(12)9-7(5-11)3-2-4-8(9)14/h2-4,10,14H,5H2,1H3. The summed E-state index contributed by atoms with van der Waals surface area (Å²) in [7, 11) is 0. The summed E-state index contributed by atoms with van der Waals surface area (Å²) in [6.07, 6.45) is 0. The number of benzene rings is 1. The Morgan fingerprint density at radius 1 is 1.64 bits per heavy atom. The maximum absolute atomic E-state index is 11.2. The van der Waals surface area contributed by atoms with Gasteiger partial charge in [-0.25, -0.2) is 0 Å². The van der Waals surface area contributed by atoms with Crippen molar-refractivity contribution in [2.24, 2.45) is 0 Å². The zero-order chi connectivity index (χ0) is 10.7. The van der Waals surface area contributed by atoms with Crippen LogP contribution < -0.4 is 0 Å².